The molecule has 1 heterocycles. The minimum atomic E-state index is -3.78. The standard InChI is InChI=1S/C36H54N4O7S/c1-25-14-17-31(18-15-25)48(44,45)39(5)23-34-26(2)22-40(27(3)24-41)35(42)32-21-30(38-36(43)37-29-12-7-6-8-13-29)16-19-33(32)47-28(4)11-9-10-20-46-34/h14-19,21,26-29,34,41H,6-13,20,22-24H2,1-5H3,(H2,37,38,43)/t26-,27-,28-,34+/m0/s1. The lowest BCUT2D eigenvalue weighted by atomic mass is 9.96. The molecule has 11 nitrogen and oxygen atoms in total. The lowest BCUT2D eigenvalue weighted by Gasteiger charge is -2.35. The molecule has 0 aromatic heterocycles. The van der Waals surface area contributed by atoms with Gasteiger partial charge in [-0.3, -0.25) is 4.79 Å². The first-order chi connectivity index (χ1) is 22.9. The Morgan fingerprint density at radius 1 is 1.04 bits per heavy atom. The first kappa shape index (κ1) is 37.6. The van der Waals surface area contributed by atoms with Gasteiger partial charge in [0.1, 0.15) is 5.75 Å². The van der Waals surface area contributed by atoms with Gasteiger partial charge >= 0.3 is 6.03 Å². The number of hydrogen-bond acceptors (Lipinski definition) is 7. The highest BCUT2D eigenvalue weighted by Crippen LogP contribution is 2.29. The largest absolute Gasteiger partial charge is 0.490 e. The van der Waals surface area contributed by atoms with Gasteiger partial charge in [0.05, 0.1) is 35.3 Å². The number of fused-ring (bicyclic) bond motifs is 1. The second-order valence-electron chi connectivity index (χ2n) is 13.5. The van der Waals surface area contributed by atoms with Crippen LogP contribution in [0.3, 0.4) is 0 Å². The number of benzene rings is 2. The first-order valence-electron chi connectivity index (χ1n) is 17.3. The summed E-state index contributed by atoms with van der Waals surface area (Å²) < 4.78 is 40.9. The molecule has 0 bridgehead atoms. The molecule has 0 unspecified atom stereocenters. The van der Waals surface area contributed by atoms with E-state index < -0.39 is 22.2 Å². The van der Waals surface area contributed by atoms with Gasteiger partial charge in [-0.25, -0.2) is 13.2 Å². The number of carbonyl (C=O) groups is 2. The molecule has 1 saturated carbocycles. The molecule has 4 rings (SSSR count). The molecule has 1 fully saturated rings. The minimum absolute atomic E-state index is 0.0905. The van der Waals surface area contributed by atoms with E-state index in [1.807, 2.05) is 20.8 Å². The van der Waals surface area contributed by atoms with Gasteiger partial charge in [0.2, 0.25) is 10.0 Å². The van der Waals surface area contributed by atoms with Crippen LogP contribution in [0.2, 0.25) is 0 Å². The zero-order valence-electron chi connectivity index (χ0n) is 29.1. The third-order valence-electron chi connectivity index (χ3n) is 9.42. The van der Waals surface area contributed by atoms with Crippen LogP contribution in [0.15, 0.2) is 47.4 Å². The van der Waals surface area contributed by atoms with E-state index in [-0.39, 0.29) is 60.2 Å². The van der Waals surface area contributed by atoms with Crippen LogP contribution in [-0.2, 0) is 14.8 Å². The molecular weight excluding hydrogens is 632 g/mol. The van der Waals surface area contributed by atoms with Crippen LogP contribution >= 0.6 is 0 Å². The summed E-state index contributed by atoms with van der Waals surface area (Å²) in [6.07, 6.45) is 6.85. The summed E-state index contributed by atoms with van der Waals surface area (Å²) in [5.41, 5.74) is 1.70. The van der Waals surface area contributed by atoms with Gasteiger partial charge in [-0.1, -0.05) is 43.9 Å². The van der Waals surface area contributed by atoms with Crippen molar-refractivity contribution in [3.63, 3.8) is 0 Å². The van der Waals surface area contributed by atoms with Crippen molar-refractivity contribution in [3.05, 3.63) is 53.6 Å². The van der Waals surface area contributed by atoms with Gasteiger partial charge in [0, 0.05) is 44.4 Å². The number of rotatable bonds is 8. The average molecular weight is 687 g/mol. The van der Waals surface area contributed by atoms with Crippen molar-refractivity contribution in [1.29, 1.82) is 0 Å². The van der Waals surface area contributed by atoms with E-state index in [1.54, 1.807) is 61.3 Å². The molecule has 266 valence electrons. The number of amides is 3. The number of anilines is 1. The number of aryl methyl sites for hydroxylation is 1. The molecule has 48 heavy (non-hydrogen) atoms. The summed E-state index contributed by atoms with van der Waals surface area (Å²) in [6.45, 7) is 7.99. The third-order valence-corrected chi connectivity index (χ3v) is 11.3. The van der Waals surface area contributed by atoms with Crippen LogP contribution in [0.25, 0.3) is 0 Å². The normalized spacial score (nSPS) is 22.7. The molecule has 3 N–H and O–H groups in total. The second kappa shape index (κ2) is 17.5. The number of carbonyl (C=O) groups excluding carboxylic acids is 2. The fourth-order valence-corrected chi connectivity index (χ4v) is 7.49. The molecule has 3 amide bonds. The monoisotopic (exact) mass is 686 g/mol. The number of likely N-dealkylation sites (N-methyl/N-ethyl adjacent to an activating group) is 1. The van der Waals surface area contributed by atoms with Crippen LogP contribution in [0.4, 0.5) is 10.5 Å². The van der Waals surface area contributed by atoms with Crippen molar-refractivity contribution >= 4 is 27.6 Å². The van der Waals surface area contributed by atoms with E-state index in [0.717, 1.165) is 50.5 Å². The van der Waals surface area contributed by atoms with Crippen LogP contribution in [0.1, 0.15) is 88.1 Å². The molecular formula is C36H54N4O7S. The fourth-order valence-electron chi connectivity index (χ4n) is 6.30. The predicted octanol–water partition coefficient (Wildman–Crippen LogP) is 5.57. The summed E-state index contributed by atoms with van der Waals surface area (Å²) in [5, 5.41) is 16.2. The predicted molar refractivity (Wildman–Crippen MR) is 187 cm³/mol. The van der Waals surface area contributed by atoms with Crippen molar-refractivity contribution in [2.75, 3.05) is 38.7 Å². The second-order valence-corrected chi connectivity index (χ2v) is 15.6. The third kappa shape index (κ3) is 10.2. The SMILES string of the molecule is Cc1ccc(S(=O)(=O)N(C)C[C@H]2OCCCC[C@H](C)Oc3ccc(NC(=O)NC4CCCCC4)cc3C(=O)N([C@@H](C)CO)C[C@@H]2C)cc1. The Bertz CT molecular complexity index is 1460. The van der Waals surface area contributed by atoms with Gasteiger partial charge < -0.3 is 30.1 Å². The van der Waals surface area contributed by atoms with E-state index in [4.69, 9.17) is 9.47 Å². The molecule has 1 aliphatic heterocycles. The highest BCUT2D eigenvalue weighted by Gasteiger charge is 2.32. The van der Waals surface area contributed by atoms with E-state index in [2.05, 4.69) is 10.6 Å². The summed E-state index contributed by atoms with van der Waals surface area (Å²) in [7, 11) is -2.23. The number of hydrogen-bond donors (Lipinski definition) is 3. The average Bonchev–Trinajstić information content (AvgIpc) is 3.06. The molecule has 2 aromatic carbocycles. The van der Waals surface area contributed by atoms with E-state index in [0.29, 0.717) is 18.0 Å². The van der Waals surface area contributed by atoms with E-state index in [1.165, 1.54) is 10.7 Å². The molecule has 0 radical (unpaired) electrons. The molecule has 0 spiro atoms. The van der Waals surface area contributed by atoms with Crippen molar-refractivity contribution in [3.8, 4) is 5.75 Å². The highest BCUT2D eigenvalue weighted by atomic mass is 32.2. The number of ether oxygens (including phenoxy) is 2. The van der Waals surface area contributed by atoms with Crippen molar-refractivity contribution in [2.24, 2.45) is 5.92 Å². The highest BCUT2D eigenvalue weighted by molar-refractivity contribution is 7.89. The van der Waals surface area contributed by atoms with Gasteiger partial charge in [-0.2, -0.15) is 4.31 Å². The molecule has 2 aliphatic rings. The molecule has 2 aromatic rings. The summed E-state index contributed by atoms with van der Waals surface area (Å²) in [6, 6.07) is 11.1. The van der Waals surface area contributed by atoms with Crippen molar-refractivity contribution < 1.29 is 32.6 Å². The quantitative estimate of drug-likeness (QED) is 0.331. The lowest BCUT2D eigenvalue weighted by Crippen LogP contribution is -2.48. The Kier molecular flexibility index (Phi) is 13.7. The molecule has 0 saturated heterocycles. The van der Waals surface area contributed by atoms with E-state index >= 15 is 0 Å². The lowest BCUT2D eigenvalue weighted by molar-refractivity contribution is -0.00833. The minimum Gasteiger partial charge on any atom is -0.490 e. The van der Waals surface area contributed by atoms with Crippen LogP contribution < -0.4 is 15.4 Å². The maximum absolute atomic E-state index is 14.4. The Balaban J connectivity index is 1.60. The van der Waals surface area contributed by atoms with Crippen molar-refractivity contribution in [2.45, 2.75) is 108 Å². The fraction of sp³-hybridized carbons (Fsp3) is 0.611. The zero-order chi connectivity index (χ0) is 34.8. The topological polar surface area (TPSA) is 138 Å². The number of urea groups is 1. The first-order valence-corrected chi connectivity index (χ1v) is 18.8. The number of aliphatic hydroxyl groups excluding tert-OH is 1. The number of sulfonamides is 1. The van der Waals surface area contributed by atoms with Crippen LogP contribution in [0.5, 0.6) is 5.75 Å². The van der Waals surface area contributed by atoms with E-state index in [9.17, 15) is 23.1 Å². The van der Waals surface area contributed by atoms with Gasteiger partial charge in [-0.15, -0.1) is 0 Å². The maximum atomic E-state index is 14.4. The maximum Gasteiger partial charge on any atom is 0.319 e. The molecule has 4 atom stereocenters. The van der Waals surface area contributed by atoms with Crippen LogP contribution in [-0.4, -0.2) is 92.3 Å². The Morgan fingerprint density at radius 2 is 1.73 bits per heavy atom. The van der Waals surface area contributed by atoms with Crippen LogP contribution in [0, 0.1) is 12.8 Å². The van der Waals surface area contributed by atoms with Gasteiger partial charge in [0.15, 0.2) is 0 Å². The summed E-state index contributed by atoms with van der Waals surface area (Å²) >= 11 is 0. The summed E-state index contributed by atoms with van der Waals surface area (Å²) in [4.78, 5) is 29.0. The molecule has 1 aliphatic carbocycles. The Labute approximate surface area is 286 Å². The number of nitrogens with zero attached hydrogens (tertiary/aromatic N) is 2. The van der Waals surface area contributed by atoms with Crippen molar-refractivity contribution in [1.82, 2.24) is 14.5 Å². The van der Waals surface area contributed by atoms with Gasteiger partial charge in [-0.05, 0) is 83.2 Å². The Hall–Kier alpha value is -3.19. The Morgan fingerprint density at radius 3 is 2.42 bits per heavy atom. The zero-order valence-corrected chi connectivity index (χ0v) is 29.9. The van der Waals surface area contributed by atoms with Gasteiger partial charge in [0.25, 0.3) is 5.91 Å². The number of aliphatic hydroxyl groups is 1. The smallest absolute Gasteiger partial charge is 0.319 e. The summed E-state index contributed by atoms with van der Waals surface area (Å²) in [5.74, 6) is -0.256. The molecule has 12 heteroatoms. The number of nitrogens with one attached hydrogen (secondary N) is 2.